The molecule has 1 amide bonds. The molecule has 22 heavy (non-hydrogen) atoms. The first kappa shape index (κ1) is 15.4. The van der Waals surface area contributed by atoms with Crippen LogP contribution in [0.1, 0.15) is 19.0 Å². The maximum Gasteiger partial charge on any atom is 0.274 e. The number of aromatic nitrogens is 2. The predicted molar refractivity (Wildman–Crippen MR) is 86.4 cm³/mol. The molecule has 114 valence electrons. The zero-order valence-corrected chi connectivity index (χ0v) is 12.3. The Morgan fingerprint density at radius 1 is 1.55 bits per heavy atom. The van der Waals surface area contributed by atoms with Crippen LogP contribution in [0.25, 0.3) is 0 Å². The standard InChI is InChI=1S/C15H18N6O/c1-10(12-8-9-18-21-12)19-13(14(16)17-2)15(22)20-11-6-4-3-5-7-11/h3-6,8-9,11H,2,7,16H2,1H3,(H,18,21)(H,20,22)/b14-13-,19-10+. The molecule has 0 saturated heterocycles. The van der Waals surface area contributed by atoms with Crippen LogP contribution in [0.3, 0.4) is 0 Å². The lowest BCUT2D eigenvalue weighted by atomic mass is 10.1. The van der Waals surface area contributed by atoms with Crippen molar-refractivity contribution in [2.45, 2.75) is 19.4 Å². The number of amides is 1. The summed E-state index contributed by atoms with van der Waals surface area (Å²) in [6.45, 7) is 5.10. The highest BCUT2D eigenvalue weighted by molar-refractivity contribution is 6.02. The molecule has 1 aromatic heterocycles. The lowest BCUT2D eigenvalue weighted by Crippen LogP contribution is -2.35. The molecule has 1 unspecified atom stereocenters. The second-order valence-electron chi connectivity index (χ2n) is 4.69. The van der Waals surface area contributed by atoms with Crippen molar-refractivity contribution >= 4 is 18.3 Å². The number of H-pyrrole nitrogens is 1. The average Bonchev–Trinajstić information content (AvgIpc) is 3.07. The monoisotopic (exact) mass is 298 g/mol. The molecule has 2 rings (SSSR count). The van der Waals surface area contributed by atoms with Gasteiger partial charge in [0.05, 0.1) is 17.4 Å². The highest BCUT2D eigenvalue weighted by Gasteiger charge is 2.17. The Bertz CT molecular complexity index is 666. The van der Waals surface area contributed by atoms with Gasteiger partial charge in [0.2, 0.25) is 0 Å². The minimum atomic E-state index is -0.395. The van der Waals surface area contributed by atoms with Crippen LogP contribution in [0.2, 0.25) is 0 Å². The van der Waals surface area contributed by atoms with Crippen LogP contribution >= 0.6 is 0 Å². The van der Waals surface area contributed by atoms with Crippen LogP contribution in [0, 0.1) is 0 Å². The van der Waals surface area contributed by atoms with E-state index in [0.29, 0.717) is 11.4 Å². The maximum atomic E-state index is 12.4. The molecular formula is C15H18N6O. The van der Waals surface area contributed by atoms with E-state index in [4.69, 9.17) is 5.73 Å². The number of carbonyl (C=O) groups is 1. The maximum absolute atomic E-state index is 12.4. The Morgan fingerprint density at radius 3 is 2.95 bits per heavy atom. The molecule has 0 bridgehead atoms. The van der Waals surface area contributed by atoms with Gasteiger partial charge in [-0.15, -0.1) is 0 Å². The van der Waals surface area contributed by atoms with Gasteiger partial charge in [0.15, 0.2) is 11.5 Å². The fourth-order valence-electron chi connectivity index (χ4n) is 1.91. The molecule has 0 radical (unpaired) electrons. The molecule has 1 aromatic rings. The summed E-state index contributed by atoms with van der Waals surface area (Å²) in [6.07, 6.45) is 10.0. The number of nitrogens with zero attached hydrogens (tertiary/aromatic N) is 3. The summed E-state index contributed by atoms with van der Waals surface area (Å²) in [5.74, 6) is -0.416. The first-order valence-electron chi connectivity index (χ1n) is 6.77. The summed E-state index contributed by atoms with van der Waals surface area (Å²) >= 11 is 0. The first-order chi connectivity index (χ1) is 10.6. The van der Waals surface area contributed by atoms with Gasteiger partial charge in [0, 0.05) is 6.20 Å². The third-order valence-corrected chi connectivity index (χ3v) is 3.10. The summed E-state index contributed by atoms with van der Waals surface area (Å²) in [6, 6.07) is 1.66. The van der Waals surface area contributed by atoms with E-state index in [0.717, 1.165) is 6.42 Å². The van der Waals surface area contributed by atoms with Crippen LogP contribution in [0.4, 0.5) is 0 Å². The molecular weight excluding hydrogens is 280 g/mol. The topological polar surface area (TPSA) is 109 Å². The van der Waals surface area contributed by atoms with Gasteiger partial charge in [-0.2, -0.15) is 5.10 Å². The molecule has 0 spiro atoms. The lowest BCUT2D eigenvalue weighted by molar-refractivity contribution is -0.118. The zero-order valence-electron chi connectivity index (χ0n) is 12.3. The highest BCUT2D eigenvalue weighted by atomic mass is 16.2. The van der Waals surface area contributed by atoms with Crippen molar-refractivity contribution in [2.24, 2.45) is 15.7 Å². The summed E-state index contributed by atoms with van der Waals surface area (Å²) in [7, 11) is 0. The molecule has 0 fully saturated rings. The molecule has 7 nitrogen and oxygen atoms in total. The fraction of sp³-hybridized carbons (Fsp3) is 0.200. The predicted octanol–water partition coefficient (Wildman–Crippen LogP) is 1.05. The largest absolute Gasteiger partial charge is 0.382 e. The van der Waals surface area contributed by atoms with Gasteiger partial charge in [0.1, 0.15) is 0 Å². The van der Waals surface area contributed by atoms with Crippen LogP contribution in [0.5, 0.6) is 0 Å². The van der Waals surface area contributed by atoms with Gasteiger partial charge in [-0.1, -0.05) is 24.3 Å². The summed E-state index contributed by atoms with van der Waals surface area (Å²) in [5, 5.41) is 9.47. The van der Waals surface area contributed by atoms with E-state index >= 15 is 0 Å². The smallest absolute Gasteiger partial charge is 0.274 e. The third kappa shape index (κ3) is 3.78. The minimum Gasteiger partial charge on any atom is -0.382 e. The molecule has 1 aliphatic carbocycles. The van der Waals surface area contributed by atoms with Gasteiger partial charge in [-0.25, -0.2) is 9.98 Å². The van der Waals surface area contributed by atoms with Crippen molar-refractivity contribution in [3.63, 3.8) is 0 Å². The van der Waals surface area contributed by atoms with E-state index in [9.17, 15) is 4.79 Å². The van der Waals surface area contributed by atoms with Gasteiger partial charge in [-0.3, -0.25) is 9.89 Å². The number of nitrogens with two attached hydrogens (primary N) is 1. The minimum absolute atomic E-state index is 0.0216. The molecule has 0 aliphatic heterocycles. The van der Waals surface area contributed by atoms with Crippen molar-refractivity contribution in [3.05, 3.63) is 53.8 Å². The second kappa shape index (κ2) is 7.16. The molecule has 0 aromatic carbocycles. The Hall–Kier alpha value is -2.96. The number of hydrogen-bond donors (Lipinski definition) is 3. The molecule has 7 heteroatoms. The second-order valence-corrected chi connectivity index (χ2v) is 4.69. The van der Waals surface area contributed by atoms with E-state index < -0.39 is 5.91 Å². The molecule has 4 N–H and O–H groups in total. The first-order valence-corrected chi connectivity index (χ1v) is 6.77. The normalized spacial score (nSPS) is 18.8. The van der Waals surface area contributed by atoms with Crippen molar-refractivity contribution in [1.29, 1.82) is 0 Å². The Kier molecular flexibility index (Phi) is 5.02. The number of aliphatic imine (C=N–C) groups is 2. The quantitative estimate of drug-likeness (QED) is 0.558. The molecule has 1 aliphatic rings. The van der Waals surface area contributed by atoms with Gasteiger partial charge < -0.3 is 11.1 Å². The fourth-order valence-corrected chi connectivity index (χ4v) is 1.91. The molecule has 0 saturated carbocycles. The Labute approximate surface area is 128 Å². The molecule has 1 heterocycles. The van der Waals surface area contributed by atoms with E-state index in [2.05, 4.69) is 32.2 Å². The van der Waals surface area contributed by atoms with E-state index in [1.54, 1.807) is 19.2 Å². The third-order valence-electron chi connectivity index (χ3n) is 3.10. The highest BCUT2D eigenvalue weighted by Crippen LogP contribution is 2.09. The van der Waals surface area contributed by atoms with Crippen LogP contribution in [-0.4, -0.2) is 34.6 Å². The SMILES string of the molecule is C=N/C(N)=C(\N=C(/C)c1ccn[nH]1)C(=O)NC1C=CC=CC1. The van der Waals surface area contributed by atoms with Gasteiger partial charge >= 0.3 is 0 Å². The number of allylic oxidation sites excluding steroid dienone is 2. The zero-order chi connectivity index (χ0) is 15.9. The van der Waals surface area contributed by atoms with E-state index in [1.165, 1.54) is 0 Å². The van der Waals surface area contributed by atoms with Crippen molar-refractivity contribution in [3.8, 4) is 0 Å². The summed E-state index contributed by atoms with van der Waals surface area (Å²) in [5.41, 5.74) is 7.06. The van der Waals surface area contributed by atoms with Crippen molar-refractivity contribution < 1.29 is 4.79 Å². The van der Waals surface area contributed by atoms with E-state index in [-0.39, 0.29) is 17.6 Å². The Morgan fingerprint density at radius 2 is 2.36 bits per heavy atom. The molecule has 1 atom stereocenters. The van der Waals surface area contributed by atoms with Crippen LogP contribution < -0.4 is 11.1 Å². The summed E-state index contributed by atoms with van der Waals surface area (Å²) < 4.78 is 0. The van der Waals surface area contributed by atoms with Crippen LogP contribution in [-0.2, 0) is 4.79 Å². The van der Waals surface area contributed by atoms with E-state index in [1.807, 2.05) is 24.3 Å². The van der Waals surface area contributed by atoms with Gasteiger partial charge in [-0.05, 0) is 26.1 Å². The van der Waals surface area contributed by atoms with Gasteiger partial charge in [0.25, 0.3) is 5.91 Å². The van der Waals surface area contributed by atoms with Crippen LogP contribution in [0.15, 0.2) is 58.1 Å². The summed E-state index contributed by atoms with van der Waals surface area (Å²) in [4.78, 5) is 20.3. The lowest BCUT2D eigenvalue weighted by Gasteiger charge is -2.15. The number of carbonyl (C=O) groups excluding carboxylic acids is 1. The van der Waals surface area contributed by atoms with Crippen molar-refractivity contribution in [2.75, 3.05) is 0 Å². The number of nitrogens with one attached hydrogen (secondary N) is 2. The number of hydrogen-bond acceptors (Lipinski definition) is 5. The Balaban J connectivity index is 2.22. The average molecular weight is 298 g/mol. The number of rotatable bonds is 5. The van der Waals surface area contributed by atoms with Crippen molar-refractivity contribution in [1.82, 2.24) is 15.5 Å². The number of aromatic amines is 1.